The molecule has 0 amide bonds. The molecule has 0 radical (unpaired) electrons. The quantitative estimate of drug-likeness (QED) is 0.320. The first-order valence-electron chi connectivity index (χ1n) is 9.68. The maximum absolute atomic E-state index is 13.4. The largest absolute Gasteiger partial charge is 0.381 e. The molecule has 0 saturated carbocycles. The van der Waals surface area contributed by atoms with Gasteiger partial charge in [-0.3, -0.25) is 4.99 Å². The number of aliphatic imine (C=N–C) groups is 1. The van der Waals surface area contributed by atoms with Gasteiger partial charge in [-0.1, -0.05) is 30.3 Å². The molecule has 2 aromatic carbocycles. The molecule has 0 atom stereocenters. The van der Waals surface area contributed by atoms with E-state index in [-0.39, 0.29) is 11.2 Å². The summed E-state index contributed by atoms with van der Waals surface area (Å²) in [5.74, 6) is 1.55. The first kappa shape index (κ1) is 20.7. The van der Waals surface area contributed by atoms with Crippen LogP contribution in [0, 0.1) is 5.82 Å². The van der Waals surface area contributed by atoms with Crippen molar-refractivity contribution in [2.24, 2.45) is 4.99 Å². The minimum atomic E-state index is -0.202. The Morgan fingerprint density at radius 1 is 1.07 bits per heavy atom. The van der Waals surface area contributed by atoms with Gasteiger partial charge in [-0.2, -0.15) is 0 Å². The highest BCUT2D eigenvalue weighted by Gasteiger charge is 2.34. The van der Waals surface area contributed by atoms with Crippen LogP contribution in [-0.4, -0.2) is 45.1 Å². The molecule has 0 bridgehead atoms. The fourth-order valence-electron chi connectivity index (χ4n) is 3.46. The lowest BCUT2D eigenvalue weighted by molar-refractivity contribution is 0.0513. The number of nitrogens with zero attached hydrogens (tertiary/aromatic N) is 1. The van der Waals surface area contributed by atoms with E-state index >= 15 is 0 Å². The number of guanidine groups is 1. The molecule has 0 unspecified atom stereocenters. The SMILES string of the molecule is CN=C(NCCSc1ccccc1)NCC1(c2ccc(F)cc2)CCOCC1. The number of hydrogen-bond acceptors (Lipinski definition) is 3. The zero-order valence-electron chi connectivity index (χ0n) is 16.3. The first-order chi connectivity index (χ1) is 13.7. The van der Waals surface area contributed by atoms with Crippen LogP contribution >= 0.6 is 11.8 Å². The first-order valence-corrected chi connectivity index (χ1v) is 10.7. The third kappa shape index (κ3) is 5.72. The summed E-state index contributed by atoms with van der Waals surface area (Å²) in [7, 11) is 1.79. The average molecular weight is 402 g/mol. The Labute approximate surface area is 171 Å². The molecule has 1 saturated heterocycles. The Balaban J connectivity index is 1.53. The van der Waals surface area contributed by atoms with Crippen LogP contribution in [0.25, 0.3) is 0 Å². The van der Waals surface area contributed by atoms with E-state index in [9.17, 15) is 4.39 Å². The normalized spacial score (nSPS) is 16.6. The monoisotopic (exact) mass is 401 g/mol. The van der Waals surface area contributed by atoms with Gasteiger partial charge in [-0.25, -0.2) is 4.39 Å². The van der Waals surface area contributed by atoms with Gasteiger partial charge < -0.3 is 15.4 Å². The van der Waals surface area contributed by atoms with E-state index < -0.39 is 0 Å². The fourth-order valence-corrected chi connectivity index (χ4v) is 4.25. The van der Waals surface area contributed by atoms with Crippen LogP contribution in [0.5, 0.6) is 0 Å². The Morgan fingerprint density at radius 2 is 1.79 bits per heavy atom. The minimum Gasteiger partial charge on any atom is -0.381 e. The number of ether oxygens (including phenoxy) is 1. The number of nitrogens with one attached hydrogen (secondary N) is 2. The van der Waals surface area contributed by atoms with Crippen molar-refractivity contribution in [1.29, 1.82) is 0 Å². The lowest BCUT2D eigenvalue weighted by Crippen LogP contribution is -2.48. The summed E-state index contributed by atoms with van der Waals surface area (Å²) in [6, 6.07) is 17.3. The smallest absolute Gasteiger partial charge is 0.191 e. The van der Waals surface area contributed by atoms with E-state index in [1.807, 2.05) is 30.0 Å². The molecule has 0 spiro atoms. The van der Waals surface area contributed by atoms with Crippen molar-refractivity contribution in [3.63, 3.8) is 0 Å². The van der Waals surface area contributed by atoms with Crippen molar-refractivity contribution in [1.82, 2.24) is 10.6 Å². The zero-order valence-corrected chi connectivity index (χ0v) is 17.1. The predicted molar refractivity (Wildman–Crippen MR) is 115 cm³/mol. The molecular formula is C22H28FN3OS. The lowest BCUT2D eigenvalue weighted by atomic mass is 9.74. The van der Waals surface area contributed by atoms with Crippen molar-refractivity contribution in [3.05, 3.63) is 66.0 Å². The number of thioether (sulfide) groups is 1. The molecule has 0 aliphatic carbocycles. The molecule has 1 aliphatic heterocycles. The maximum atomic E-state index is 13.4. The van der Waals surface area contributed by atoms with E-state index in [1.54, 1.807) is 19.2 Å². The summed E-state index contributed by atoms with van der Waals surface area (Å²) >= 11 is 1.82. The molecule has 1 heterocycles. The van der Waals surface area contributed by atoms with Crippen LogP contribution < -0.4 is 10.6 Å². The summed E-state index contributed by atoms with van der Waals surface area (Å²) in [5, 5.41) is 6.86. The summed E-state index contributed by atoms with van der Waals surface area (Å²) in [6.07, 6.45) is 1.82. The van der Waals surface area contributed by atoms with Gasteiger partial charge in [0.05, 0.1) is 0 Å². The van der Waals surface area contributed by atoms with Gasteiger partial charge >= 0.3 is 0 Å². The Hall–Kier alpha value is -2.05. The number of halogens is 1. The molecule has 6 heteroatoms. The molecule has 1 fully saturated rings. The number of hydrogen-bond donors (Lipinski definition) is 2. The molecule has 28 heavy (non-hydrogen) atoms. The van der Waals surface area contributed by atoms with Gasteiger partial charge in [-0.15, -0.1) is 11.8 Å². The Bertz CT molecular complexity index is 746. The number of rotatable bonds is 7. The third-order valence-corrected chi connectivity index (χ3v) is 6.14. The van der Waals surface area contributed by atoms with Crippen LogP contribution in [0.4, 0.5) is 4.39 Å². The maximum Gasteiger partial charge on any atom is 0.191 e. The Kier molecular flexibility index (Phi) is 7.74. The molecular weight excluding hydrogens is 373 g/mol. The minimum absolute atomic E-state index is 0.0671. The van der Waals surface area contributed by atoms with Gasteiger partial charge in [-0.05, 0) is 42.7 Å². The van der Waals surface area contributed by atoms with Crippen LogP contribution in [0.3, 0.4) is 0 Å². The molecule has 2 N–H and O–H groups in total. The molecule has 150 valence electrons. The molecule has 0 aromatic heterocycles. The lowest BCUT2D eigenvalue weighted by Gasteiger charge is -2.38. The molecule has 2 aromatic rings. The van der Waals surface area contributed by atoms with Gasteiger partial charge in [0.15, 0.2) is 5.96 Å². The van der Waals surface area contributed by atoms with Crippen molar-refractivity contribution in [3.8, 4) is 0 Å². The summed E-state index contributed by atoms with van der Waals surface area (Å²) in [4.78, 5) is 5.62. The zero-order chi connectivity index (χ0) is 19.7. The average Bonchev–Trinajstić information content (AvgIpc) is 2.75. The number of benzene rings is 2. The van der Waals surface area contributed by atoms with E-state index in [1.165, 1.54) is 4.90 Å². The molecule has 4 nitrogen and oxygen atoms in total. The molecule has 1 aliphatic rings. The second-order valence-electron chi connectivity index (χ2n) is 6.91. The molecule has 3 rings (SSSR count). The highest BCUT2D eigenvalue weighted by Crippen LogP contribution is 2.34. The van der Waals surface area contributed by atoms with E-state index in [0.717, 1.165) is 56.4 Å². The van der Waals surface area contributed by atoms with Crippen molar-refractivity contribution < 1.29 is 9.13 Å². The van der Waals surface area contributed by atoms with E-state index in [4.69, 9.17) is 4.74 Å². The summed E-state index contributed by atoms with van der Waals surface area (Å²) < 4.78 is 18.9. The Morgan fingerprint density at radius 3 is 2.46 bits per heavy atom. The summed E-state index contributed by atoms with van der Waals surface area (Å²) in [5.41, 5.74) is 1.09. The van der Waals surface area contributed by atoms with Crippen molar-refractivity contribution in [2.45, 2.75) is 23.2 Å². The third-order valence-electron chi connectivity index (χ3n) is 5.13. The van der Waals surface area contributed by atoms with Crippen molar-refractivity contribution >= 4 is 17.7 Å². The van der Waals surface area contributed by atoms with Gasteiger partial charge in [0.25, 0.3) is 0 Å². The van der Waals surface area contributed by atoms with Crippen LogP contribution in [0.15, 0.2) is 64.5 Å². The topological polar surface area (TPSA) is 45.7 Å². The van der Waals surface area contributed by atoms with Crippen LogP contribution in [0.2, 0.25) is 0 Å². The van der Waals surface area contributed by atoms with Crippen molar-refractivity contribution in [2.75, 3.05) is 39.1 Å². The van der Waals surface area contributed by atoms with Crippen LogP contribution in [-0.2, 0) is 10.2 Å². The standard InChI is InChI=1S/C22H28FN3OS/c1-24-21(25-13-16-28-20-5-3-2-4-6-20)26-17-22(11-14-27-15-12-22)18-7-9-19(23)10-8-18/h2-10H,11-17H2,1H3,(H2,24,25,26). The van der Waals surface area contributed by atoms with Gasteiger partial charge in [0.2, 0.25) is 0 Å². The van der Waals surface area contributed by atoms with E-state index in [0.29, 0.717) is 0 Å². The predicted octanol–water partition coefficient (Wildman–Crippen LogP) is 3.83. The second kappa shape index (κ2) is 10.5. The highest BCUT2D eigenvalue weighted by molar-refractivity contribution is 7.99. The summed E-state index contributed by atoms with van der Waals surface area (Å²) in [6.45, 7) is 3.01. The van der Waals surface area contributed by atoms with E-state index in [2.05, 4.69) is 39.9 Å². The fraction of sp³-hybridized carbons (Fsp3) is 0.409. The van der Waals surface area contributed by atoms with Gasteiger partial charge in [0.1, 0.15) is 5.82 Å². The van der Waals surface area contributed by atoms with Crippen LogP contribution in [0.1, 0.15) is 18.4 Å². The van der Waals surface area contributed by atoms with Gasteiger partial charge in [0, 0.05) is 49.4 Å². The highest BCUT2D eigenvalue weighted by atomic mass is 32.2. The second-order valence-corrected chi connectivity index (χ2v) is 8.08.